The molecule has 0 radical (unpaired) electrons. The van der Waals surface area contributed by atoms with E-state index in [-0.39, 0.29) is 11.3 Å². The number of anilines is 4. The van der Waals surface area contributed by atoms with Crippen molar-refractivity contribution in [2.45, 2.75) is 20.3 Å². The van der Waals surface area contributed by atoms with Crippen LogP contribution in [0.3, 0.4) is 0 Å². The standard InChI is InChI=1S/C31H43N7O2/c1-31(2,22-36(3)4)23-37-17-19-38(20-18-37)27-12-10-26(11-13-27)34-30-32-16-14-28(35-30)24-6-8-25(9-7-24)33-29(39)15-21-40-5/h6-14,16H,15,17-23H2,1-5H3,(H,33,39)(H,32,34,35). The number of rotatable bonds is 12. The number of hydrogen-bond acceptors (Lipinski definition) is 8. The van der Waals surface area contributed by atoms with E-state index < -0.39 is 0 Å². The Balaban J connectivity index is 1.30. The molecule has 3 aromatic rings. The lowest BCUT2D eigenvalue weighted by Gasteiger charge is -2.40. The molecule has 0 saturated carbocycles. The Kier molecular flexibility index (Phi) is 10.1. The van der Waals surface area contributed by atoms with Crippen LogP contribution in [0.1, 0.15) is 20.3 Å². The minimum absolute atomic E-state index is 0.0731. The lowest BCUT2D eigenvalue weighted by Crippen LogP contribution is -2.50. The second-order valence-electron chi connectivity index (χ2n) is 11.5. The molecule has 1 aromatic heterocycles. The summed E-state index contributed by atoms with van der Waals surface area (Å²) in [6.45, 7) is 11.6. The quantitative estimate of drug-likeness (QED) is 0.342. The molecule has 0 atom stereocenters. The van der Waals surface area contributed by atoms with E-state index in [4.69, 9.17) is 9.72 Å². The van der Waals surface area contributed by atoms with Crippen LogP contribution in [-0.4, -0.2) is 92.8 Å². The molecular weight excluding hydrogens is 502 g/mol. The molecule has 0 unspecified atom stereocenters. The van der Waals surface area contributed by atoms with Gasteiger partial charge in [0, 0.05) is 75.2 Å². The number of methoxy groups -OCH3 is 1. The molecule has 9 heteroatoms. The number of piperazine rings is 1. The fraction of sp³-hybridized carbons (Fsp3) is 0.452. The first-order chi connectivity index (χ1) is 19.2. The molecule has 1 aliphatic rings. The fourth-order valence-electron chi connectivity index (χ4n) is 5.28. The molecule has 1 amide bonds. The van der Waals surface area contributed by atoms with E-state index in [0.29, 0.717) is 19.0 Å². The van der Waals surface area contributed by atoms with E-state index >= 15 is 0 Å². The summed E-state index contributed by atoms with van der Waals surface area (Å²) in [5.41, 5.74) is 4.95. The highest BCUT2D eigenvalue weighted by molar-refractivity contribution is 5.91. The number of carbonyl (C=O) groups excluding carboxylic acids is 1. The molecule has 40 heavy (non-hydrogen) atoms. The molecule has 1 aliphatic heterocycles. The van der Waals surface area contributed by atoms with Gasteiger partial charge in [-0.15, -0.1) is 0 Å². The van der Waals surface area contributed by atoms with Crippen molar-refractivity contribution in [1.82, 2.24) is 19.8 Å². The predicted octanol–water partition coefficient (Wildman–Crippen LogP) is 4.57. The average Bonchev–Trinajstić information content (AvgIpc) is 2.92. The fourth-order valence-corrected chi connectivity index (χ4v) is 5.28. The van der Waals surface area contributed by atoms with Gasteiger partial charge in [-0.1, -0.05) is 26.0 Å². The molecule has 214 valence electrons. The topological polar surface area (TPSA) is 85.9 Å². The first-order valence-corrected chi connectivity index (χ1v) is 13.9. The van der Waals surface area contributed by atoms with Crippen molar-refractivity contribution in [1.29, 1.82) is 0 Å². The summed E-state index contributed by atoms with van der Waals surface area (Å²) in [4.78, 5) is 28.3. The van der Waals surface area contributed by atoms with Crippen molar-refractivity contribution in [3.05, 3.63) is 60.8 Å². The number of nitrogens with zero attached hydrogens (tertiary/aromatic N) is 5. The van der Waals surface area contributed by atoms with E-state index in [1.54, 1.807) is 13.3 Å². The molecule has 1 fully saturated rings. The monoisotopic (exact) mass is 545 g/mol. The largest absolute Gasteiger partial charge is 0.384 e. The van der Waals surface area contributed by atoms with Crippen molar-refractivity contribution in [3.63, 3.8) is 0 Å². The lowest BCUT2D eigenvalue weighted by atomic mass is 9.92. The van der Waals surface area contributed by atoms with Crippen molar-refractivity contribution in [3.8, 4) is 11.3 Å². The molecule has 0 aliphatic carbocycles. The van der Waals surface area contributed by atoms with Gasteiger partial charge in [0.05, 0.1) is 18.7 Å². The zero-order chi connectivity index (χ0) is 28.5. The van der Waals surface area contributed by atoms with Crippen LogP contribution < -0.4 is 15.5 Å². The van der Waals surface area contributed by atoms with Gasteiger partial charge in [0.1, 0.15) is 0 Å². The summed E-state index contributed by atoms with van der Waals surface area (Å²) >= 11 is 0. The van der Waals surface area contributed by atoms with Gasteiger partial charge in [0.15, 0.2) is 0 Å². The zero-order valence-electron chi connectivity index (χ0n) is 24.5. The van der Waals surface area contributed by atoms with Crippen LogP contribution in [0.2, 0.25) is 0 Å². The van der Waals surface area contributed by atoms with E-state index in [1.807, 2.05) is 30.3 Å². The normalized spacial score (nSPS) is 14.4. The van der Waals surface area contributed by atoms with E-state index in [1.165, 1.54) is 5.69 Å². The van der Waals surface area contributed by atoms with Crippen molar-refractivity contribution in [2.75, 3.05) is 82.6 Å². The molecule has 1 saturated heterocycles. The lowest BCUT2D eigenvalue weighted by molar-refractivity contribution is -0.117. The van der Waals surface area contributed by atoms with Crippen molar-refractivity contribution in [2.24, 2.45) is 5.41 Å². The first-order valence-electron chi connectivity index (χ1n) is 13.9. The molecule has 2 aromatic carbocycles. The maximum Gasteiger partial charge on any atom is 0.227 e. The molecule has 9 nitrogen and oxygen atoms in total. The minimum Gasteiger partial charge on any atom is -0.384 e. The van der Waals surface area contributed by atoms with Gasteiger partial charge in [-0.3, -0.25) is 9.69 Å². The maximum absolute atomic E-state index is 11.9. The number of aromatic nitrogens is 2. The Labute approximate surface area is 238 Å². The second-order valence-corrected chi connectivity index (χ2v) is 11.5. The number of nitrogens with one attached hydrogen (secondary N) is 2. The summed E-state index contributed by atoms with van der Waals surface area (Å²) in [5.74, 6) is 0.465. The number of carbonyl (C=O) groups is 1. The number of ether oxygens (including phenoxy) is 1. The molecular formula is C31H43N7O2. The third-order valence-electron chi connectivity index (χ3n) is 6.91. The maximum atomic E-state index is 11.9. The van der Waals surface area contributed by atoms with Crippen LogP contribution in [0.25, 0.3) is 11.3 Å². The molecule has 2 heterocycles. The molecule has 0 bridgehead atoms. The molecule has 4 rings (SSSR count). The van der Waals surface area contributed by atoms with E-state index in [9.17, 15) is 4.79 Å². The zero-order valence-corrected chi connectivity index (χ0v) is 24.5. The third kappa shape index (κ3) is 8.74. The Hall–Kier alpha value is -3.53. The Bertz CT molecular complexity index is 1220. The van der Waals surface area contributed by atoms with Gasteiger partial charge >= 0.3 is 0 Å². The third-order valence-corrected chi connectivity index (χ3v) is 6.91. The van der Waals surface area contributed by atoms with Crippen LogP contribution in [-0.2, 0) is 9.53 Å². The number of benzene rings is 2. The van der Waals surface area contributed by atoms with Crippen LogP contribution >= 0.6 is 0 Å². The van der Waals surface area contributed by atoms with Gasteiger partial charge in [-0.2, -0.15) is 0 Å². The molecule has 2 N–H and O–H groups in total. The number of amides is 1. The van der Waals surface area contributed by atoms with Crippen LogP contribution in [0.15, 0.2) is 60.8 Å². The van der Waals surface area contributed by atoms with Crippen molar-refractivity contribution < 1.29 is 9.53 Å². The SMILES string of the molecule is COCCC(=O)Nc1ccc(-c2ccnc(Nc3ccc(N4CCN(CC(C)(C)CN(C)C)CC4)cc3)n2)cc1. The second kappa shape index (κ2) is 13.7. The summed E-state index contributed by atoms with van der Waals surface area (Å²) in [5, 5.41) is 6.20. The van der Waals surface area contributed by atoms with Crippen LogP contribution in [0.5, 0.6) is 0 Å². The van der Waals surface area contributed by atoms with Gasteiger partial charge < -0.3 is 25.2 Å². The average molecular weight is 546 g/mol. The molecule has 0 spiro atoms. The highest BCUT2D eigenvalue weighted by atomic mass is 16.5. The predicted molar refractivity (Wildman–Crippen MR) is 163 cm³/mol. The summed E-state index contributed by atoms with van der Waals surface area (Å²) < 4.78 is 4.95. The van der Waals surface area contributed by atoms with Gasteiger partial charge in [0.2, 0.25) is 11.9 Å². The van der Waals surface area contributed by atoms with Crippen LogP contribution in [0.4, 0.5) is 23.0 Å². The van der Waals surface area contributed by atoms with Crippen molar-refractivity contribution >= 4 is 28.9 Å². The summed E-state index contributed by atoms with van der Waals surface area (Å²) in [6, 6.07) is 18.0. The van der Waals surface area contributed by atoms with E-state index in [0.717, 1.165) is 61.9 Å². The number of hydrogen-bond donors (Lipinski definition) is 2. The first kappa shape index (κ1) is 29.5. The van der Waals surface area contributed by atoms with Crippen LogP contribution in [0, 0.1) is 5.41 Å². The van der Waals surface area contributed by atoms with Gasteiger partial charge in [0.25, 0.3) is 0 Å². The smallest absolute Gasteiger partial charge is 0.227 e. The Morgan fingerprint density at radius 2 is 1.65 bits per heavy atom. The van der Waals surface area contributed by atoms with E-state index in [2.05, 4.69) is 82.5 Å². The highest BCUT2D eigenvalue weighted by Gasteiger charge is 2.25. The Morgan fingerprint density at radius 3 is 2.30 bits per heavy atom. The van der Waals surface area contributed by atoms with Gasteiger partial charge in [-0.25, -0.2) is 9.97 Å². The minimum atomic E-state index is -0.0731. The Morgan fingerprint density at radius 1 is 0.975 bits per heavy atom. The summed E-state index contributed by atoms with van der Waals surface area (Å²) in [7, 11) is 5.88. The highest BCUT2D eigenvalue weighted by Crippen LogP contribution is 2.25. The summed E-state index contributed by atoms with van der Waals surface area (Å²) in [6.07, 6.45) is 2.07. The van der Waals surface area contributed by atoms with Gasteiger partial charge in [-0.05, 0) is 62.0 Å².